The van der Waals surface area contributed by atoms with Gasteiger partial charge in [0.1, 0.15) is 0 Å². The van der Waals surface area contributed by atoms with Crippen LogP contribution in [0.3, 0.4) is 0 Å². The van der Waals surface area contributed by atoms with Crippen LogP contribution in [0.5, 0.6) is 0 Å². The summed E-state index contributed by atoms with van der Waals surface area (Å²) in [5, 5.41) is 9.93. The molecule has 2 aliphatic carbocycles. The Balaban J connectivity index is 1.07. The van der Waals surface area contributed by atoms with Gasteiger partial charge in [-0.1, -0.05) is 259 Å². The minimum Gasteiger partial charge on any atom is -0.311 e. The molecule has 1 spiro atoms. The van der Waals surface area contributed by atoms with Gasteiger partial charge < -0.3 is 9.80 Å². The van der Waals surface area contributed by atoms with Gasteiger partial charge in [-0.05, 0) is 209 Å². The zero-order valence-electron chi connectivity index (χ0n) is 54.0. The van der Waals surface area contributed by atoms with Gasteiger partial charge in [-0.3, -0.25) is 0 Å². The quantitative estimate of drug-likeness (QED) is 0.128. The van der Waals surface area contributed by atoms with Gasteiger partial charge in [0.2, 0.25) is 0 Å². The van der Waals surface area contributed by atoms with Gasteiger partial charge in [0.05, 0.1) is 5.41 Å². The first-order valence-electron chi connectivity index (χ1n) is 32.6. The second kappa shape index (κ2) is 18.8. The van der Waals surface area contributed by atoms with Crippen molar-refractivity contribution in [3.8, 4) is 33.4 Å². The molecule has 0 saturated heterocycles. The average molecular weight is 1160 g/mol. The Bertz CT molecular complexity index is 4920. The van der Waals surface area contributed by atoms with Gasteiger partial charge in [0.15, 0.2) is 0 Å². The van der Waals surface area contributed by atoms with Crippen LogP contribution in [-0.4, -0.2) is 6.71 Å². The molecule has 17 rings (SSSR count). The van der Waals surface area contributed by atoms with Gasteiger partial charge in [-0.2, -0.15) is 0 Å². The van der Waals surface area contributed by atoms with E-state index in [1.54, 1.807) is 0 Å². The van der Waals surface area contributed by atoms with Crippen molar-refractivity contribution in [3.05, 3.63) is 281 Å². The first kappa shape index (κ1) is 54.7. The van der Waals surface area contributed by atoms with E-state index in [0.717, 1.165) is 0 Å². The first-order valence-corrected chi connectivity index (χ1v) is 32.6. The van der Waals surface area contributed by atoms with E-state index >= 15 is 0 Å². The Hall–Kier alpha value is -9.44. The van der Waals surface area contributed by atoms with Crippen LogP contribution in [0, 0.1) is 0 Å². The van der Waals surface area contributed by atoms with E-state index < -0.39 is 5.41 Å². The molecule has 0 atom stereocenters. The molecule has 13 aromatic rings. The molecule has 90 heavy (non-hydrogen) atoms. The fraction of sp³-hybridized carbons (Fsp3) is 0.195. The van der Waals surface area contributed by atoms with Crippen LogP contribution in [0.25, 0.3) is 76.5 Å². The number of anilines is 6. The number of hydrogen-bond acceptors (Lipinski definition) is 2. The molecule has 0 radical (unpaired) electrons. The molecule has 2 aliphatic heterocycles. The molecular formula is C87H75BN2. The predicted molar refractivity (Wildman–Crippen MR) is 387 cm³/mol. The lowest BCUT2D eigenvalue weighted by atomic mass is 9.33. The number of fused-ring (bicyclic) bond motifs is 20. The van der Waals surface area contributed by atoms with Crippen LogP contribution in [-0.2, 0) is 27.1 Å². The topological polar surface area (TPSA) is 6.48 Å². The summed E-state index contributed by atoms with van der Waals surface area (Å²) in [6, 6.07) is 92.9. The van der Waals surface area contributed by atoms with Crippen LogP contribution in [0.1, 0.15) is 128 Å². The molecule has 3 heteroatoms. The summed E-state index contributed by atoms with van der Waals surface area (Å²) < 4.78 is 0. The van der Waals surface area contributed by atoms with Crippen LogP contribution in [0.2, 0.25) is 0 Å². The highest BCUT2D eigenvalue weighted by Crippen LogP contribution is 2.64. The molecule has 0 saturated carbocycles. The van der Waals surface area contributed by atoms with Crippen molar-refractivity contribution in [2.24, 2.45) is 0 Å². The highest BCUT2D eigenvalue weighted by atomic mass is 15.2. The molecule has 0 fully saturated rings. The fourth-order valence-corrected chi connectivity index (χ4v) is 16.3. The zero-order chi connectivity index (χ0) is 61.7. The van der Waals surface area contributed by atoms with E-state index in [9.17, 15) is 0 Å². The van der Waals surface area contributed by atoms with E-state index in [-0.39, 0.29) is 28.4 Å². The molecular weight excluding hydrogens is 1080 g/mol. The second-order valence-electron chi connectivity index (χ2n) is 30.5. The molecule has 2 heterocycles. The Morgan fingerprint density at radius 1 is 0.300 bits per heavy atom. The molecule has 0 bridgehead atoms. The first-order chi connectivity index (χ1) is 43.1. The van der Waals surface area contributed by atoms with Gasteiger partial charge in [-0.15, -0.1) is 0 Å². The van der Waals surface area contributed by atoms with Crippen molar-refractivity contribution in [1.82, 2.24) is 0 Å². The highest BCUT2D eigenvalue weighted by Gasteiger charge is 2.53. The number of rotatable bonds is 3. The number of benzene rings is 13. The van der Waals surface area contributed by atoms with Crippen LogP contribution in [0.15, 0.2) is 237 Å². The van der Waals surface area contributed by atoms with E-state index in [1.807, 2.05) is 0 Å². The van der Waals surface area contributed by atoms with Crippen molar-refractivity contribution in [2.45, 2.75) is 110 Å². The highest BCUT2D eigenvalue weighted by molar-refractivity contribution is 7.00. The number of hydrogen-bond donors (Lipinski definition) is 0. The maximum absolute atomic E-state index is 2.74. The molecule has 0 aromatic heterocycles. The van der Waals surface area contributed by atoms with Crippen molar-refractivity contribution >= 4 is 100 Å². The largest absolute Gasteiger partial charge is 0.311 e. The molecule has 0 unspecified atom stereocenters. The predicted octanol–water partition coefficient (Wildman–Crippen LogP) is 21.6. The Kier molecular flexibility index (Phi) is 11.4. The summed E-state index contributed by atoms with van der Waals surface area (Å²) in [6.45, 7) is 28.4. The third-order valence-electron chi connectivity index (χ3n) is 20.9. The maximum atomic E-state index is 2.74. The van der Waals surface area contributed by atoms with Gasteiger partial charge in [-0.25, -0.2) is 0 Å². The lowest BCUT2D eigenvalue weighted by Crippen LogP contribution is -2.61. The van der Waals surface area contributed by atoms with Crippen LogP contribution in [0.4, 0.5) is 34.1 Å². The van der Waals surface area contributed by atoms with Crippen molar-refractivity contribution in [1.29, 1.82) is 0 Å². The normalized spacial score (nSPS) is 14.5. The van der Waals surface area contributed by atoms with E-state index in [1.165, 1.54) is 171 Å². The third kappa shape index (κ3) is 7.84. The second-order valence-corrected chi connectivity index (χ2v) is 30.5. The lowest BCUT2D eigenvalue weighted by Gasteiger charge is -2.46. The molecule has 0 N–H and O–H groups in total. The molecule has 4 aliphatic rings. The summed E-state index contributed by atoms with van der Waals surface area (Å²) in [6.07, 6.45) is 0. The summed E-state index contributed by atoms with van der Waals surface area (Å²) in [7, 11) is 0. The van der Waals surface area contributed by atoms with Crippen LogP contribution >= 0.6 is 0 Å². The minimum absolute atomic E-state index is 0.133. The van der Waals surface area contributed by atoms with Crippen molar-refractivity contribution in [3.63, 3.8) is 0 Å². The third-order valence-corrected chi connectivity index (χ3v) is 20.9. The smallest absolute Gasteiger partial charge is 0.252 e. The Labute approximate surface area is 531 Å². The minimum atomic E-state index is -0.504. The van der Waals surface area contributed by atoms with Crippen molar-refractivity contribution < 1.29 is 0 Å². The van der Waals surface area contributed by atoms with E-state index in [2.05, 4.69) is 329 Å². The van der Waals surface area contributed by atoms with E-state index in [0.29, 0.717) is 0 Å². The van der Waals surface area contributed by atoms with Crippen LogP contribution < -0.4 is 26.2 Å². The molecule has 436 valence electrons. The zero-order valence-corrected chi connectivity index (χ0v) is 54.0. The Morgan fingerprint density at radius 2 is 0.656 bits per heavy atom. The van der Waals surface area contributed by atoms with Gasteiger partial charge >= 0.3 is 0 Å². The van der Waals surface area contributed by atoms with E-state index in [4.69, 9.17) is 0 Å². The molecule has 2 nitrogen and oxygen atoms in total. The standard InChI is InChI=1S/C87H75BN2/c1-83(2,3)59-46-60(84(4,5)6)49-63(48-59)89-77-44-58(65-31-23-35-74-79(65)68-30-19-22-34-73(68)87(74)71-32-20-17-28-66(71)67-29-18-21-33-72(67)87)45-78-80(77)88(75-38-36-56-40-52-24-13-15-26-54(52)42-69(56)81(75)89)76-39-37-57-41-53-25-14-16-27-55(53)43-70(57)82(76)90(78)64-50-61(85(7,8)9)47-62(51-64)86(10,11)12/h13-51H,1-12H3. The molecule has 13 aromatic carbocycles. The molecule has 0 amide bonds. The monoisotopic (exact) mass is 1160 g/mol. The van der Waals surface area contributed by atoms with Gasteiger partial charge in [0, 0.05) is 44.9 Å². The fourth-order valence-electron chi connectivity index (χ4n) is 16.3. The average Bonchev–Trinajstić information content (AvgIpc) is 1.32. The Morgan fingerprint density at radius 3 is 1.08 bits per heavy atom. The number of nitrogens with zero attached hydrogens (tertiary/aromatic N) is 2. The van der Waals surface area contributed by atoms with Gasteiger partial charge in [0.25, 0.3) is 6.71 Å². The summed E-state index contributed by atoms with van der Waals surface area (Å²) in [4.78, 5) is 5.48. The maximum Gasteiger partial charge on any atom is 0.252 e. The summed E-state index contributed by atoms with van der Waals surface area (Å²) in [5.41, 5.74) is 28.5. The summed E-state index contributed by atoms with van der Waals surface area (Å²) in [5.74, 6) is 0. The van der Waals surface area contributed by atoms with Crippen molar-refractivity contribution in [2.75, 3.05) is 9.80 Å². The summed E-state index contributed by atoms with van der Waals surface area (Å²) >= 11 is 0. The SMILES string of the molecule is CC(C)(C)c1cc(N2c3cc(-c4cccc5c4-c4ccccc4C54c5ccccc5-c5ccccc54)cc4c3B(c3ccc5cc6ccccc6cc5c32)c2ccc3cc5ccccc5cc3c2N4c2cc(C(C)(C)C)cc(C(C)(C)C)c2)cc(C(C)(C)C)c1. The lowest BCUT2D eigenvalue weighted by molar-refractivity contribution is 0.568.